The minimum Gasteiger partial charge on any atom is -0.497 e. The minimum atomic E-state index is -0.107. The van der Waals surface area contributed by atoms with Gasteiger partial charge in [-0.3, -0.25) is 9.79 Å². The Labute approximate surface area is 167 Å². The van der Waals surface area contributed by atoms with Crippen LogP contribution in [-0.4, -0.2) is 51.2 Å². The number of guanidine groups is 1. The molecule has 2 rings (SSSR count). The first-order valence-electron chi connectivity index (χ1n) is 8.25. The second-order valence-electron chi connectivity index (χ2n) is 6.04. The van der Waals surface area contributed by atoms with Crippen molar-refractivity contribution < 1.29 is 14.3 Å². The molecule has 6 nitrogen and oxygen atoms in total. The molecular weight excluding hydrogens is 433 g/mol. The summed E-state index contributed by atoms with van der Waals surface area (Å²) < 4.78 is 10.2. The highest BCUT2D eigenvalue weighted by Gasteiger charge is 2.26. The lowest BCUT2D eigenvalue weighted by Crippen LogP contribution is -2.46. The highest BCUT2D eigenvalue weighted by Crippen LogP contribution is 2.19. The van der Waals surface area contributed by atoms with E-state index in [1.165, 1.54) is 12.7 Å². The summed E-state index contributed by atoms with van der Waals surface area (Å²) >= 11 is 0. The van der Waals surface area contributed by atoms with Crippen LogP contribution in [0.2, 0.25) is 0 Å². The van der Waals surface area contributed by atoms with Crippen LogP contribution in [0.15, 0.2) is 23.2 Å². The number of aliphatic imine (C=N–C) groups is 1. The van der Waals surface area contributed by atoms with Gasteiger partial charge in [0.05, 0.1) is 20.1 Å². The summed E-state index contributed by atoms with van der Waals surface area (Å²) in [4.78, 5) is 18.2. The number of carbonyl (C=O) groups excluding carboxylic acids is 1. The molecule has 1 heterocycles. The first-order valence-corrected chi connectivity index (χ1v) is 8.25. The number of likely N-dealkylation sites (tertiary alicyclic amines) is 1. The van der Waals surface area contributed by atoms with Crippen LogP contribution in [0.5, 0.6) is 5.75 Å². The number of hydrogen-bond acceptors (Lipinski definition) is 4. The van der Waals surface area contributed by atoms with Gasteiger partial charge >= 0.3 is 5.97 Å². The smallest absolute Gasteiger partial charge is 0.308 e. The molecule has 1 fully saturated rings. The maximum absolute atomic E-state index is 11.6. The Hall–Kier alpha value is -1.51. The molecule has 1 aliphatic heterocycles. The number of carbonyl (C=O) groups is 1. The van der Waals surface area contributed by atoms with Crippen LogP contribution in [0, 0.1) is 12.8 Å². The van der Waals surface area contributed by atoms with Gasteiger partial charge in [-0.25, -0.2) is 0 Å². The molecule has 1 aromatic rings. The van der Waals surface area contributed by atoms with Crippen molar-refractivity contribution in [3.8, 4) is 5.75 Å². The lowest BCUT2D eigenvalue weighted by Gasteiger charge is -2.33. The number of nitrogens with one attached hydrogen (secondary N) is 1. The van der Waals surface area contributed by atoms with Gasteiger partial charge in [-0.05, 0) is 43.0 Å². The second kappa shape index (κ2) is 10.5. The van der Waals surface area contributed by atoms with Gasteiger partial charge in [0.15, 0.2) is 5.96 Å². The third-order valence-corrected chi connectivity index (χ3v) is 4.34. The van der Waals surface area contributed by atoms with E-state index in [-0.39, 0.29) is 35.9 Å². The summed E-state index contributed by atoms with van der Waals surface area (Å²) in [5.74, 6) is 1.62. The molecule has 0 radical (unpaired) electrons. The molecule has 0 unspecified atom stereocenters. The van der Waals surface area contributed by atoms with Gasteiger partial charge in [0, 0.05) is 26.7 Å². The molecule has 0 amide bonds. The van der Waals surface area contributed by atoms with E-state index in [4.69, 9.17) is 9.47 Å². The molecule has 1 aliphatic rings. The van der Waals surface area contributed by atoms with Gasteiger partial charge in [0.2, 0.25) is 0 Å². The molecule has 7 heteroatoms. The number of rotatable bonds is 4. The SMILES string of the molecule is CN=C(NCc1cc(C)cc(OC)c1)N1CCC(C(=O)OC)CC1.I. The second-order valence-corrected chi connectivity index (χ2v) is 6.04. The summed E-state index contributed by atoms with van der Waals surface area (Å²) in [5, 5.41) is 3.40. The van der Waals surface area contributed by atoms with E-state index in [1.807, 2.05) is 12.1 Å². The van der Waals surface area contributed by atoms with Crippen molar-refractivity contribution in [2.45, 2.75) is 26.3 Å². The molecular formula is C18H28IN3O3. The van der Waals surface area contributed by atoms with Crippen LogP contribution in [-0.2, 0) is 16.1 Å². The van der Waals surface area contributed by atoms with Crippen LogP contribution in [0.25, 0.3) is 0 Å². The Balaban J connectivity index is 0.00000312. The number of nitrogens with zero attached hydrogens (tertiary/aromatic N) is 2. The molecule has 0 aromatic heterocycles. The van der Waals surface area contributed by atoms with Crippen LogP contribution < -0.4 is 10.1 Å². The van der Waals surface area contributed by atoms with Crippen molar-refractivity contribution >= 4 is 35.9 Å². The Morgan fingerprint density at radius 1 is 1.28 bits per heavy atom. The van der Waals surface area contributed by atoms with E-state index in [0.29, 0.717) is 6.54 Å². The predicted octanol–water partition coefficient (Wildman–Crippen LogP) is 2.58. The normalized spacial score (nSPS) is 15.4. The highest BCUT2D eigenvalue weighted by atomic mass is 127. The maximum Gasteiger partial charge on any atom is 0.308 e. The van der Waals surface area contributed by atoms with Crippen LogP contribution in [0.3, 0.4) is 0 Å². The van der Waals surface area contributed by atoms with Gasteiger partial charge in [-0.15, -0.1) is 24.0 Å². The Bertz CT molecular complexity index is 599. The summed E-state index contributed by atoms with van der Waals surface area (Å²) in [6.45, 7) is 4.34. The van der Waals surface area contributed by atoms with Crippen molar-refractivity contribution in [1.82, 2.24) is 10.2 Å². The Morgan fingerprint density at radius 2 is 1.96 bits per heavy atom. The van der Waals surface area contributed by atoms with Crippen LogP contribution in [0.1, 0.15) is 24.0 Å². The molecule has 0 aliphatic carbocycles. The molecule has 25 heavy (non-hydrogen) atoms. The fraction of sp³-hybridized carbons (Fsp3) is 0.556. The van der Waals surface area contributed by atoms with Crippen LogP contribution >= 0.6 is 24.0 Å². The van der Waals surface area contributed by atoms with E-state index >= 15 is 0 Å². The zero-order valence-corrected chi connectivity index (χ0v) is 17.7. The molecule has 1 saturated heterocycles. The zero-order valence-electron chi connectivity index (χ0n) is 15.4. The monoisotopic (exact) mass is 461 g/mol. The molecule has 1 aromatic carbocycles. The van der Waals surface area contributed by atoms with Crippen molar-refractivity contribution in [1.29, 1.82) is 0 Å². The average Bonchev–Trinajstić information content (AvgIpc) is 2.61. The number of aryl methyl sites for hydroxylation is 1. The highest BCUT2D eigenvalue weighted by molar-refractivity contribution is 14.0. The third-order valence-electron chi connectivity index (χ3n) is 4.34. The number of ether oxygens (including phenoxy) is 2. The predicted molar refractivity (Wildman–Crippen MR) is 110 cm³/mol. The molecule has 0 spiro atoms. The van der Waals surface area contributed by atoms with E-state index in [1.54, 1.807) is 14.2 Å². The van der Waals surface area contributed by atoms with Crippen molar-refractivity contribution in [2.75, 3.05) is 34.4 Å². The Morgan fingerprint density at radius 3 is 2.52 bits per heavy atom. The number of piperidine rings is 1. The summed E-state index contributed by atoms with van der Waals surface area (Å²) in [7, 11) is 4.91. The van der Waals surface area contributed by atoms with Gasteiger partial charge in [0.25, 0.3) is 0 Å². The first-order chi connectivity index (χ1) is 11.6. The summed E-state index contributed by atoms with van der Waals surface area (Å²) in [6, 6.07) is 6.17. The third kappa shape index (κ3) is 6.05. The lowest BCUT2D eigenvalue weighted by molar-refractivity contribution is -0.146. The summed E-state index contributed by atoms with van der Waals surface area (Å²) in [5.41, 5.74) is 2.32. The molecule has 1 N–H and O–H groups in total. The lowest BCUT2D eigenvalue weighted by atomic mass is 9.97. The van der Waals surface area contributed by atoms with Gasteiger partial charge < -0.3 is 19.7 Å². The van der Waals surface area contributed by atoms with Gasteiger partial charge in [-0.1, -0.05) is 6.07 Å². The largest absolute Gasteiger partial charge is 0.497 e. The fourth-order valence-electron chi connectivity index (χ4n) is 3.05. The first kappa shape index (κ1) is 21.5. The number of methoxy groups -OCH3 is 2. The molecule has 0 atom stereocenters. The molecule has 140 valence electrons. The number of halogens is 1. The minimum absolute atomic E-state index is 0. The number of benzene rings is 1. The van der Waals surface area contributed by atoms with Gasteiger partial charge in [0.1, 0.15) is 5.75 Å². The maximum atomic E-state index is 11.6. The van der Waals surface area contributed by atoms with Gasteiger partial charge in [-0.2, -0.15) is 0 Å². The van der Waals surface area contributed by atoms with E-state index in [9.17, 15) is 4.79 Å². The van der Waals surface area contributed by atoms with E-state index in [2.05, 4.69) is 28.2 Å². The Kier molecular flexibility index (Phi) is 9.02. The van der Waals surface area contributed by atoms with Crippen molar-refractivity contribution in [3.05, 3.63) is 29.3 Å². The van der Waals surface area contributed by atoms with Crippen LogP contribution in [0.4, 0.5) is 0 Å². The van der Waals surface area contributed by atoms with E-state index < -0.39 is 0 Å². The molecule has 0 saturated carbocycles. The number of hydrogen-bond donors (Lipinski definition) is 1. The zero-order chi connectivity index (χ0) is 17.5. The quantitative estimate of drug-likeness (QED) is 0.323. The van der Waals surface area contributed by atoms with Crippen molar-refractivity contribution in [2.24, 2.45) is 10.9 Å². The average molecular weight is 461 g/mol. The standard InChI is InChI=1S/C18H27N3O3.HI/c1-13-9-14(11-16(10-13)23-3)12-20-18(19-2)21-7-5-15(6-8-21)17(22)24-4;/h9-11,15H,5-8,12H2,1-4H3,(H,19,20);1H. The summed E-state index contributed by atoms with van der Waals surface area (Å²) in [6.07, 6.45) is 1.59. The fourth-order valence-corrected chi connectivity index (χ4v) is 3.05. The molecule has 0 bridgehead atoms. The van der Waals surface area contributed by atoms with Crippen molar-refractivity contribution in [3.63, 3.8) is 0 Å². The topological polar surface area (TPSA) is 63.2 Å². The number of esters is 1. The van der Waals surface area contributed by atoms with E-state index in [0.717, 1.165) is 43.2 Å².